The Labute approximate surface area is 114 Å². The van der Waals surface area contributed by atoms with Gasteiger partial charge in [-0.25, -0.2) is 4.98 Å². The van der Waals surface area contributed by atoms with E-state index in [0.29, 0.717) is 11.3 Å². The molecule has 102 valence electrons. The zero-order valence-electron chi connectivity index (χ0n) is 10.7. The van der Waals surface area contributed by atoms with Gasteiger partial charge in [-0.2, -0.15) is 4.39 Å². The van der Waals surface area contributed by atoms with Crippen LogP contribution in [0.2, 0.25) is 0 Å². The number of nitrogens with one attached hydrogen (secondary N) is 2. The van der Waals surface area contributed by atoms with Gasteiger partial charge in [-0.05, 0) is 18.2 Å². The van der Waals surface area contributed by atoms with Crippen LogP contribution in [0, 0.1) is 5.95 Å². The molecule has 5 nitrogen and oxygen atoms in total. The number of carbonyl (C=O) groups excluding carboxylic acids is 2. The number of rotatable bonds is 3. The largest absolute Gasteiger partial charge is 0.355 e. The zero-order chi connectivity index (χ0) is 14.5. The van der Waals surface area contributed by atoms with Crippen molar-refractivity contribution in [1.82, 2.24) is 10.3 Å². The first-order chi connectivity index (χ1) is 9.61. The number of benzene rings is 1. The lowest BCUT2D eigenvalue weighted by atomic mass is 10.1. The third-order valence-corrected chi connectivity index (χ3v) is 2.64. The normalized spacial score (nSPS) is 9.90. The van der Waals surface area contributed by atoms with E-state index >= 15 is 0 Å². The summed E-state index contributed by atoms with van der Waals surface area (Å²) in [4.78, 5) is 27.0. The molecule has 0 bridgehead atoms. The fraction of sp³-hybridized carbons (Fsp3) is 0.0714. The smallest absolute Gasteiger partial charge is 0.255 e. The summed E-state index contributed by atoms with van der Waals surface area (Å²) in [6, 6.07) is 8.97. The molecule has 0 atom stereocenters. The Morgan fingerprint density at radius 3 is 2.60 bits per heavy atom. The fourth-order valence-electron chi connectivity index (χ4n) is 1.66. The molecule has 0 aliphatic rings. The van der Waals surface area contributed by atoms with Gasteiger partial charge in [-0.15, -0.1) is 0 Å². The van der Waals surface area contributed by atoms with Crippen LogP contribution in [0.15, 0.2) is 42.6 Å². The number of carbonyl (C=O) groups is 2. The first-order valence-corrected chi connectivity index (χ1v) is 5.86. The Hall–Kier alpha value is -2.76. The summed E-state index contributed by atoms with van der Waals surface area (Å²) in [6.45, 7) is 0. The molecule has 1 aromatic heterocycles. The van der Waals surface area contributed by atoms with Crippen molar-refractivity contribution in [3.8, 4) is 0 Å². The summed E-state index contributed by atoms with van der Waals surface area (Å²) in [5.41, 5.74) is 0.816. The number of amides is 2. The van der Waals surface area contributed by atoms with Gasteiger partial charge in [0.25, 0.3) is 11.8 Å². The first kappa shape index (κ1) is 13.7. The van der Waals surface area contributed by atoms with Gasteiger partial charge in [0.1, 0.15) is 0 Å². The molecule has 2 amide bonds. The summed E-state index contributed by atoms with van der Waals surface area (Å²) in [6.07, 6.45) is 1.20. The van der Waals surface area contributed by atoms with Gasteiger partial charge >= 0.3 is 0 Å². The average Bonchev–Trinajstić information content (AvgIpc) is 2.47. The summed E-state index contributed by atoms with van der Waals surface area (Å²) in [5, 5.41) is 5.06. The van der Waals surface area contributed by atoms with Crippen LogP contribution in [-0.2, 0) is 0 Å². The SMILES string of the molecule is CNC(=O)c1ccccc1NC(=O)c1ccnc(F)c1. The molecule has 20 heavy (non-hydrogen) atoms. The Morgan fingerprint density at radius 1 is 1.15 bits per heavy atom. The van der Waals surface area contributed by atoms with Crippen LogP contribution < -0.4 is 10.6 Å². The molecule has 0 spiro atoms. The molecule has 0 fully saturated rings. The number of nitrogens with zero attached hydrogens (tertiary/aromatic N) is 1. The third kappa shape index (κ3) is 2.97. The predicted molar refractivity (Wildman–Crippen MR) is 72.0 cm³/mol. The lowest BCUT2D eigenvalue weighted by Gasteiger charge is -2.09. The highest BCUT2D eigenvalue weighted by Gasteiger charge is 2.13. The molecule has 2 aromatic rings. The first-order valence-electron chi connectivity index (χ1n) is 5.86. The van der Waals surface area contributed by atoms with E-state index in [1.54, 1.807) is 24.3 Å². The summed E-state index contributed by atoms with van der Waals surface area (Å²) in [7, 11) is 1.50. The van der Waals surface area contributed by atoms with E-state index in [-0.39, 0.29) is 11.5 Å². The van der Waals surface area contributed by atoms with Crippen LogP contribution in [0.3, 0.4) is 0 Å². The van der Waals surface area contributed by atoms with Crippen LogP contribution in [0.25, 0.3) is 0 Å². The summed E-state index contributed by atoms with van der Waals surface area (Å²) < 4.78 is 13.0. The van der Waals surface area contributed by atoms with E-state index < -0.39 is 11.9 Å². The van der Waals surface area contributed by atoms with Crippen molar-refractivity contribution >= 4 is 17.5 Å². The van der Waals surface area contributed by atoms with E-state index in [4.69, 9.17) is 0 Å². The second-order valence-electron chi connectivity index (χ2n) is 3.95. The molecule has 0 aliphatic carbocycles. The van der Waals surface area contributed by atoms with E-state index in [1.807, 2.05) is 0 Å². The Morgan fingerprint density at radius 2 is 1.90 bits per heavy atom. The molecular formula is C14H12FN3O2. The lowest BCUT2D eigenvalue weighted by molar-refractivity contribution is 0.0964. The van der Waals surface area contributed by atoms with Gasteiger partial charge in [-0.3, -0.25) is 9.59 Å². The second-order valence-corrected chi connectivity index (χ2v) is 3.95. The van der Waals surface area contributed by atoms with Gasteiger partial charge in [-0.1, -0.05) is 12.1 Å². The Balaban J connectivity index is 2.26. The number of hydrogen-bond acceptors (Lipinski definition) is 3. The molecule has 1 aromatic carbocycles. The van der Waals surface area contributed by atoms with Gasteiger partial charge in [0.15, 0.2) is 0 Å². The van der Waals surface area contributed by atoms with E-state index in [2.05, 4.69) is 15.6 Å². The number of halogens is 1. The maximum absolute atomic E-state index is 13.0. The summed E-state index contributed by atoms with van der Waals surface area (Å²) in [5.74, 6) is -1.57. The van der Waals surface area contributed by atoms with Crippen LogP contribution in [0.1, 0.15) is 20.7 Å². The quantitative estimate of drug-likeness (QED) is 0.838. The zero-order valence-corrected chi connectivity index (χ0v) is 10.7. The predicted octanol–water partition coefficient (Wildman–Crippen LogP) is 1.83. The number of para-hydroxylation sites is 1. The molecular weight excluding hydrogens is 261 g/mol. The van der Waals surface area contributed by atoms with Crippen molar-refractivity contribution in [1.29, 1.82) is 0 Å². The highest BCUT2D eigenvalue weighted by molar-refractivity contribution is 6.08. The van der Waals surface area contributed by atoms with Gasteiger partial charge in [0, 0.05) is 24.9 Å². The summed E-state index contributed by atoms with van der Waals surface area (Å²) >= 11 is 0. The molecule has 2 N–H and O–H groups in total. The minimum atomic E-state index is -0.739. The van der Waals surface area contributed by atoms with Crippen LogP contribution in [0.4, 0.5) is 10.1 Å². The van der Waals surface area contributed by atoms with Crippen molar-refractivity contribution < 1.29 is 14.0 Å². The average molecular weight is 273 g/mol. The van der Waals surface area contributed by atoms with Crippen molar-refractivity contribution in [2.75, 3.05) is 12.4 Å². The number of pyridine rings is 1. The van der Waals surface area contributed by atoms with Gasteiger partial charge in [0.2, 0.25) is 5.95 Å². The topological polar surface area (TPSA) is 71.1 Å². The highest BCUT2D eigenvalue weighted by atomic mass is 19.1. The molecule has 0 radical (unpaired) electrons. The van der Waals surface area contributed by atoms with Crippen LogP contribution in [-0.4, -0.2) is 23.8 Å². The molecule has 6 heteroatoms. The third-order valence-electron chi connectivity index (χ3n) is 2.64. The van der Waals surface area contributed by atoms with Crippen molar-refractivity contribution in [2.45, 2.75) is 0 Å². The van der Waals surface area contributed by atoms with Gasteiger partial charge < -0.3 is 10.6 Å². The minimum absolute atomic E-state index is 0.129. The maximum atomic E-state index is 13.0. The van der Waals surface area contributed by atoms with Crippen molar-refractivity contribution in [2.24, 2.45) is 0 Å². The monoisotopic (exact) mass is 273 g/mol. The van der Waals surface area contributed by atoms with Crippen LogP contribution >= 0.6 is 0 Å². The fourth-order valence-corrected chi connectivity index (χ4v) is 1.66. The molecule has 0 saturated heterocycles. The minimum Gasteiger partial charge on any atom is -0.355 e. The number of hydrogen-bond donors (Lipinski definition) is 2. The Bertz CT molecular complexity index is 658. The van der Waals surface area contributed by atoms with Crippen LogP contribution in [0.5, 0.6) is 0 Å². The molecule has 0 unspecified atom stereocenters. The van der Waals surface area contributed by atoms with E-state index in [9.17, 15) is 14.0 Å². The Kier molecular flexibility index (Phi) is 4.05. The molecule has 2 rings (SSSR count). The van der Waals surface area contributed by atoms with E-state index in [0.717, 1.165) is 6.07 Å². The number of aromatic nitrogens is 1. The van der Waals surface area contributed by atoms with Crippen molar-refractivity contribution in [3.05, 3.63) is 59.7 Å². The molecule has 1 heterocycles. The number of anilines is 1. The lowest BCUT2D eigenvalue weighted by Crippen LogP contribution is -2.21. The second kappa shape index (κ2) is 5.92. The van der Waals surface area contributed by atoms with Gasteiger partial charge in [0.05, 0.1) is 11.3 Å². The molecule has 0 saturated carbocycles. The maximum Gasteiger partial charge on any atom is 0.255 e. The highest BCUT2D eigenvalue weighted by Crippen LogP contribution is 2.16. The molecule has 0 aliphatic heterocycles. The van der Waals surface area contributed by atoms with Crippen molar-refractivity contribution in [3.63, 3.8) is 0 Å². The standard InChI is InChI=1S/C14H12FN3O2/c1-16-14(20)10-4-2-3-5-11(10)18-13(19)9-6-7-17-12(15)8-9/h2-8H,1H3,(H,16,20)(H,18,19). The van der Waals surface area contributed by atoms with E-state index in [1.165, 1.54) is 19.3 Å².